The SMILES string of the molecule is O=c1[nH]c(CSc2nnc(COc3ccc(F)cc3)o2)nc2scc(-c3ccccc3)c12. The fourth-order valence-electron chi connectivity index (χ4n) is 3.05. The van der Waals surface area contributed by atoms with Crippen LogP contribution in [0.4, 0.5) is 4.39 Å². The molecule has 0 spiro atoms. The molecule has 0 amide bonds. The van der Waals surface area contributed by atoms with Gasteiger partial charge in [-0.3, -0.25) is 4.79 Å². The summed E-state index contributed by atoms with van der Waals surface area (Å²) in [5, 5.41) is 10.8. The topological polar surface area (TPSA) is 93.9 Å². The number of nitrogens with zero attached hydrogens (tertiary/aromatic N) is 3. The Morgan fingerprint density at radius 3 is 2.72 bits per heavy atom. The summed E-state index contributed by atoms with van der Waals surface area (Å²) in [7, 11) is 0. The van der Waals surface area contributed by atoms with Crippen LogP contribution in [0, 0.1) is 5.82 Å². The number of hydrogen-bond acceptors (Lipinski definition) is 8. The fraction of sp³-hybridized carbons (Fsp3) is 0.0909. The third-order valence-electron chi connectivity index (χ3n) is 4.53. The van der Waals surface area contributed by atoms with Crippen molar-refractivity contribution in [1.29, 1.82) is 0 Å². The highest BCUT2D eigenvalue weighted by molar-refractivity contribution is 7.98. The molecule has 7 nitrogen and oxygen atoms in total. The van der Waals surface area contributed by atoms with Crippen molar-refractivity contribution >= 4 is 33.3 Å². The van der Waals surface area contributed by atoms with Gasteiger partial charge in [0, 0.05) is 10.9 Å². The summed E-state index contributed by atoms with van der Waals surface area (Å²) in [5.41, 5.74) is 1.68. The first-order valence-corrected chi connectivity index (χ1v) is 11.4. The van der Waals surface area contributed by atoms with Crippen molar-refractivity contribution in [3.8, 4) is 16.9 Å². The Kier molecular flexibility index (Phi) is 5.70. The maximum absolute atomic E-state index is 12.9. The van der Waals surface area contributed by atoms with Gasteiger partial charge in [-0.25, -0.2) is 9.37 Å². The first-order valence-electron chi connectivity index (χ1n) is 9.55. The minimum absolute atomic E-state index is 0.0672. The third kappa shape index (κ3) is 4.41. The molecule has 1 N–H and O–H groups in total. The fourth-order valence-corrected chi connectivity index (χ4v) is 4.67. The van der Waals surface area contributed by atoms with Gasteiger partial charge in [0.25, 0.3) is 16.7 Å². The second-order valence-corrected chi connectivity index (χ2v) is 8.49. The van der Waals surface area contributed by atoms with Crippen molar-refractivity contribution in [2.45, 2.75) is 17.6 Å². The smallest absolute Gasteiger partial charge is 0.277 e. The summed E-state index contributed by atoms with van der Waals surface area (Å²) in [6.07, 6.45) is 0. The van der Waals surface area contributed by atoms with E-state index in [9.17, 15) is 9.18 Å². The van der Waals surface area contributed by atoms with Crippen LogP contribution < -0.4 is 10.3 Å². The standard InChI is InChI=1S/C22H15FN4O3S2/c23-14-6-8-15(9-7-14)29-10-18-26-27-22(30-18)32-12-17-24-20(28)19-16(11-31-21(19)25-17)13-4-2-1-3-5-13/h1-9,11H,10,12H2,(H,24,25,28). The lowest BCUT2D eigenvalue weighted by molar-refractivity contribution is 0.252. The molecule has 0 aliphatic rings. The van der Waals surface area contributed by atoms with E-state index < -0.39 is 0 Å². The number of rotatable bonds is 7. The van der Waals surface area contributed by atoms with Gasteiger partial charge in [0.05, 0.1) is 11.1 Å². The van der Waals surface area contributed by atoms with Crippen LogP contribution in [0.25, 0.3) is 21.3 Å². The minimum Gasteiger partial charge on any atom is -0.484 e. The third-order valence-corrected chi connectivity index (χ3v) is 6.24. The van der Waals surface area contributed by atoms with E-state index in [-0.39, 0.29) is 18.0 Å². The predicted molar refractivity (Wildman–Crippen MR) is 120 cm³/mol. The van der Waals surface area contributed by atoms with Gasteiger partial charge in [0.15, 0.2) is 6.61 Å². The molecule has 3 aromatic heterocycles. The van der Waals surface area contributed by atoms with Gasteiger partial charge in [0.2, 0.25) is 0 Å². The van der Waals surface area contributed by atoms with Crippen molar-refractivity contribution < 1.29 is 13.5 Å². The number of halogens is 1. The van der Waals surface area contributed by atoms with Crippen LogP contribution in [-0.2, 0) is 12.4 Å². The molecule has 0 saturated heterocycles. The Labute approximate surface area is 189 Å². The second-order valence-electron chi connectivity index (χ2n) is 6.70. The molecule has 0 aliphatic carbocycles. The van der Waals surface area contributed by atoms with Crippen molar-refractivity contribution in [2.24, 2.45) is 0 Å². The molecule has 0 aliphatic heterocycles. The molecular formula is C22H15FN4O3S2. The average Bonchev–Trinajstić information content (AvgIpc) is 3.45. The summed E-state index contributed by atoms with van der Waals surface area (Å²) in [4.78, 5) is 20.8. The highest BCUT2D eigenvalue weighted by atomic mass is 32.2. The second kappa shape index (κ2) is 8.93. The normalized spacial score (nSPS) is 11.2. The van der Waals surface area contributed by atoms with E-state index in [2.05, 4.69) is 20.2 Å². The van der Waals surface area contributed by atoms with E-state index in [0.717, 1.165) is 11.1 Å². The Morgan fingerprint density at radius 1 is 1.09 bits per heavy atom. The molecule has 2 aromatic carbocycles. The Bertz CT molecular complexity index is 1410. The molecule has 32 heavy (non-hydrogen) atoms. The molecule has 0 unspecified atom stereocenters. The Balaban J connectivity index is 1.26. The van der Waals surface area contributed by atoms with Crippen LogP contribution >= 0.6 is 23.1 Å². The number of aromatic amines is 1. The van der Waals surface area contributed by atoms with E-state index in [4.69, 9.17) is 9.15 Å². The number of nitrogens with one attached hydrogen (secondary N) is 1. The van der Waals surface area contributed by atoms with E-state index in [1.54, 1.807) is 0 Å². The van der Waals surface area contributed by atoms with Crippen LogP contribution in [0.3, 0.4) is 0 Å². The zero-order valence-corrected chi connectivity index (χ0v) is 18.1. The van der Waals surface area contributed by atoms with Crippen molar-refractivity contribution in [2.75, 3.05) is 0 Å². The number of thiophene rings is 1. The lowest BCUT2D eigenvalue weighted by Gasteiger charge is -2.02. The van der Waals surface area contributed by atoms with Gasteiger partial charge in [-0.1, -0.05) is 42.1 Å². The van der Waals surface area contributed by atoms with Gasteiger partial charge in [-0.05, 0) is 29.8 Å². The highest BCUT2D eigenvalue weighted by Crippen LogP contribution is 2.31. The van der Waals surface area contributed by atoms with Crippen LogP contribution in [0.2, 0.25) is 0 Å². The summed E-state index contributed by atoms with van der Waals surface area (Å²) in [5.74, 6) is 1.34. The number of aromatic nitrogens is 4. The molecule has 5 aromatic rings. The van der Waals surface area contributed by atoms with Gasteiger partial charge < -0.3 is 14.1 Å². The summed E-state index contributed by atoms with van der Waals surface area (Å²) in [6, 6.07) is 15.4. The number of H-pyrrole nitrogens is 1. The van der Waals surface area contributed by atoms with Gasteiger partial charge >= 0.3 is 0 Å². The van der Waals surface area contributed by atoms with E-state index in [0.29, 0.717) is 38.7 Å². The van der Waals surface area contributed by atoms with E-state index in [1.807, 2.05) is 35.7 Å². The van der Waals surface area contributed by atoms with Crippen LogP contribution in [0.1, 0.15) is 11.7 Å². The van der Waals surface area contributed by atoms with Crippen LogP contribution in [0.15, 0.2) is 74.4 Å². The molecular weight excluding hydrogens is 451 g/mol. The zero-order chi connectivity index (χ0) is 21.9. The number of fused-ring (bicyclic) bond motifs is 1. The molecule has 0 bridgehead atoms. The molecule has 0 saturated carbocycles. The highest BCUT2D eigenvalue weighted by Gasteiger charge is 2.14. The van der Waals surface area contributed by atoms with E-state index >= 15 is 0 Å². The molecule has 3 heterocycles. The summed E-state index contributed by atoms with van der Waals surface area (Å²) < 4.78 is 24.0. The van der Waals surface area contributed by atoms with Gasteiger partial charge in [0.1, 0.15) is 22.2 Å². The number of thioether (sulfide) groups is 1. The minimum atomic E-state index is -0.336. The molecule has 160 valence electrons. The predicted octanol–water partition coefficient (Wildman–Crippen LogP) is 5.05. The maximum atomic E-state index is 12.9. The summed E-state index contributed by atoms with van der Waals surface area (Å²) >= 11 is 2.70. The maximum Gasteiger partial charge on any atom is 0.277 e. The average molecular weight is 467 g/mol. The first kappa shape index (κ1) is 20.4. The van der Waals surface area contributed by atoms with Gasteiger partial charge in [-0.2, -0.15) is 0 Å². The van der Waals surface area contributed by atoms with Gasteiger partial charge in [-0.15, -0.1) is 21.5 Å². The number of ether oxygens (including phenoxy) is 1. The Morgan fingerprint density at radius 2 is 1.91 bits per heavy atom. The zero-order valence-electron chi connectivity index (χ0n) is 16.4. The van der Waals surface area contributed by atoms with Crippen molar-refractivity contribution in [1.82, 2.24) is 20.2 Å². The lowest BCUT2D eigenvalue weighted by Crippen LogP contribution is -2.10. The largest absolute Gasteiger partial charge is 0.484 e. The number of benzene rings is 2. The molecule has 0 atom stereocenters. The van der Waals surface area contributed by atoms with Crippen LogP contribution in [-0.4, -0.2) is 20.2 Å². The molecule has 5 rings (SSSR count). The lowest BCUT2D eigenvalue weighted by atomic mass is 10.1. The molecule has 0 radical (unpaired) electrons. The summed E-state index contributed by atoms with van der Waals surface area (Å²) in [6.45, 7) is 0.0672. The van der Waals surface area contributed by atoms with Crippen LogP contribution in [0.5, 0.6) is 5.75 Å². The molecule has 10 heteroatoms. The molecule has 0 fully saturated rings. The van der Waals surface area contributed by atoms with E-state index in [1.165, 1.54) is 47.4 Å². The monoisotopic (exact) mass is 466 g/mol. The van der Waals surface area contributed by atoms with Crippen molar-refractivity contribution in [3.05, 3.63) is 87.9 Å². The first-order chi connectivity index (χ1) is 15.7. The Hall–Kier alpha value is -3.50. The quantitative estimate of drug-likeness (QED) is 0.336. The number of hydrogen-bond donors (Lipinski definition) is 1. The van der Waals surface area contributed by atoms with Crippen molar-refractivity contribution in [3.63, 3.8) is 0 Å².